The Hall–Kier alpha value is -2.96. The zero-order valence-corrected chi connectivity index (χ0v) is 23.0. The third-order valence-corrected chi connectivity index (χ3v) is 9.45. The predicted molar refractivity (Wildman–Crippen MR) is 143 cm³/mol. The predicted octanol–water partition coefficient (Wildman–Crippen LogP) is 4.47. The molecule has 1 saturated carbocycles. The van der Waals surface area contributed by atoms with E-state index in [9.17, 15) is 14.7 Å². The minimum atomic E-state index is -0.635. The largest absolute Gasteiger partial charge is 0.497 e. The molecule has 1 heterocycles. The summed E-state index contributed by atoms with van der Waals surface area (Å²) < 4.78 is 5.17. The van der Waals surface area contributed by atoms with Crippen molar-refractivity contribution in [3.63, 3.8) is 0 Å². The van der Waals surface area contributed by atoms with E-state index in [1.54, 1.807) is 43.3 Å². The fourth-order valence-corrected chi connectivity index (χ4v) is 7.63. The summed E-state index contributed by atoms with van der Waals surface area (Å²) in [4.78, 5) is 33.4. The van der Waals surface area contributed by atoms with Crippen molar-refractivity contribution < 1.29 is 19.4 Å². The molecule has 2 aliphatic carbocycles. The lowest BCUT2D eigenvalue weighted by molar-refractivity contribution is -0.143. The number of nitriles is 1. The molecule has 2 aliphatic rings. The topological polar surface area (TPSA) is 116 Å². The number of hydrogen-bond donors (Lipinski definition) is 2. The van der Waals surface area contributed by atoms with Gasteiger partial charge in [-0.1, -0.05) is 20.8 Å². The SMILES string of the molecule is COc1ccc(C(=O)Nc2nc3c(s2)C[C@]2(C)CC[C@@H]([C@H](C)C(=O)N(C)CCC#N)[C@H](O)[C@H]2[C@@H]3C)cc1. The van der Waals surface area contributed by atoms with Crippen LogP contribution in [0.25, 0.3) is 0 Å². The molecule has 2 aromatic rings. The lowest BCUT2D eigenvalue weighted by atomic mass is 9.53. The zero-order chi connectivity index (χ0) is 26.9. The van der Waals surface area contributed by atoms with Crippen molar-refractivity contribution in [1.82, 2.24) is 9.88 Å². The second-order valence-corrected chi connectivity index (χ2v) is 11.9. The number of benzene rings is 1. The van der Waals surface area contributed by atoms with Crippen LogP contribution in [0.15, 0.2) is 24.3 Å². The number of carbonyl (C=O) groups is 2. The van der Waals surface area contributed by atoms with Gasteiger partial charge in [0, 0.05) is 35.9 Å². The fraction of sp³-hybridized carbons (Fsp3) is 0.571. The summed E-state index contributed by atoms with van der Waals surface area (Å²) >= 11 is 1.51. The standard InChI is InChI=1S/C28H36N4O4S/c1-16(26(35)32(4)14-6-13-29)20-11-12-28(3)15-21-23(17(2)22(28)24(20)33)30-27(37-21)31-25(34)18-7-9-19(36-5)10-8-18/h7-10,16-17,20,22,24,33H,6,11-12,14-15H2,1-5H3,(H,30,31,34)/t16-,17-,20-,22+,24-,28-/m0/s1. The Bertz CT molecular complexity index is 1190. The summed E-state index contributed by atoms with van der Waals surface area (Å²) in [5, 5.41) is 24.0. The van der Waals surface area contributed by atoms with E-state index in [1.165, 1.54) is 11.3 Å². The molecule has 37 heavy (non-hydrogen) atoms. The highest BCUT2D eigenvalue weighted by Gasteiger charge is 2.54. The number of thiazole rings is 1. The lowest BCUT2D eigenvalue weighted by Crippen LogP contribution is -2.53. The molecule has 198 valence electrons. The number of hydrogen-bond acceptors (Lipinski definition) is 7. The van der Waals surface area contributed by atoms with Gasteiger partial charge >= 0.3 is 0 Å². The van der Waals surface area contributed by atoms with Crippen LogP contribution in [0, 0.1) is 34.5 Å². The van der Waals surface area contributed by atoms with E-state index in [1.807, 2.05) is 6.92 Å². The Morgan fingerprint density at radius 1 is 1.38 bits per heavy atom. The van der Waals surface area contributed by atoms with E-state index < -0.39 is 6.10 Å². The summed E-state index contributed by atoms with van der Waals surface area (Å²) in [6.45, 7) is 6.63. The van der Waals surface area contributed by atoms with Gasteiger partial charge in [-0.25, -0.2) is 4.98 Å². The highest BCUT2D eigenvalue weighted by molar-refractivity contribution is 7.15. The van der Waals surface area contributed by atoms with Gasteiger partial charge in [0.25, 0.3) is 5.91 Å². The molecule has 2 N–H and O–H groups in total. The fourth-order valence-electron chi connectivity index (χ4n) is 6.37. The van der Waals surface area contributed by atoms with Gasteiger partial charge in [-0.05, 0) is 60.8 Å². The van der Waals surface area contributed by atoms with Crippen molar-refractivity contribution >= 4 is 28.3 Å². The van der Waals surface area contributed by atoms with Gasteiger partial charge < -0.3 is 14.7 Å². The number of amides is 2. The Labute approximate surface area is 222 Å². The van der Waals surface area contributed by atoms with Gasteiger partial charge in [0.1, 0.15) is 5.75 Å². The number of anilines is 1. The molecule has 1 fully saturated rings. The lowest BCUT2D eigenvalue weighted by Gasteiger charge is -2.53. The van der Waals surface area contributed by atoms with Gasteiger partial charge in [0.2, 0.25) is 5.91 Å². The second-order valence-electron chi connectivity index (χ2n) is 10.8. The van der Waals surface area contributed by atoms with E-state index in [2.05, 4.69) is 25.2 Å². The van der Waals surface area contributed by atoms with Gasteiger partial charge in [-0.15, -0.1) is 11.3 Å². The van der Waals surface area contributed by atoms with Crippen molar-refractivity contribution in [2.75, 3.05) is 26.0 Å². The summed E-state index contributed by atoms with van der Waals surface area (Å²) in [7, 11) is 3.31. The molecular weight excluding hydrogens is 488 g/mol. The molecule has 6 atom stereocenters. The molecule has 0 bridgehead atoms. The molecule has 0 aliphatic heterocycles. The molecule has 0 saturated heterocycles. The monoisotopic (exact) mass is 524 g/mol. The highest BCUT2D eigenvalue weighted by Crippen LogP contribution is 2.57. The molecule has 0 spiro atoms. The Balaban J connectivity index is 1.51. The minimum Gasteiger partial charge on any atom is -0.497 e. The number of fused-ring (bicyclic) bond motifs is 2. The molecule has 0 radical (unpaired) electrons. The third-order valence-electron chi connectivity index (χ3n) is 8.46. The van der Waals surface area contributed by atoms with Gasteiger partial charge in [-0.2, -0.15) is 5.26 Å². The Morgan fingerprint density at radius 3 is 2.73 bits per heavy atom. The van der Waals surface area contributed by atoms with Crippen LogP contribution < -0.4 is 10.1 Å². The van der Waals surface area contributed by atoms with Crippen LogP contribution in [-0.4, -0.2) is 53.6 Å². The quantitative estimate of drug-likeness (QED) is 0.552. The summed E-state index contributed by atoms with van der Waals surface area (Å²) in [5.41, 5.74) is 1.35. The normalized spacial score (nSPS) is 27.3. The minimum absolute atomic E-state index is 0.00643. The number of aliphatic hydroxyl groups is 1. The first kappa shape index (κ1) is 27.1. The molecule has 1 aromatic carbocycles. The Morgan fingerprint density at radius 2 is 2.08 bits per heavy atom. The first-order valence-corrected chi connectivity index (χ1v) is 13.7. The van der Waals surface area contributed by atoms with E-state index in [0.717, 1.165) is 29.8 Å². The molecule has 2 amide bonds. The molecule has 9 heteroatoms. The van der Waals surface area contributed by atoms with Crippen LogP contribution >= 0.6 is 11.3 Å². The van der Waals surface area contributed by atoms with Crippen molar-refractivity contribution in [2.45, 2.75) is 58.5 Å². The van der Waals surface area contributed by atoms with Gasteiger partial charge in [-0.3, -0.25) is 14.9 Å². The second kappa shape index (κ2) is 10.8. The maximum atomic E-state index is 13.0. The molecule has 1 aromatic heterocycles. The number of ether oxygens (including phenoxy) is 1. The number of nitrogens with zero attached hydrogens (tertiary/aromatic N) is 3. The molecule has 0 unspecified atom stereocenters. The third kappa shape index (κ3) is 5.23. The van der Waals surface area contributed by atoms with E-state index in [4.69, 9.17) is 15.0 Å². The van der Waals surface area contributed by atoms with Crippen molar-refractivity contribution in [2.24, 2.45) is 23.2 Å². The average Bonchev–Trinajstić information content (AvgIpc) is 3.28. The van der Waals surface area contributed by atoms with Crippen LogP contribution in [0.4, 0.5) is 5.13 Å². The highest BCUT2D eigenvalue weighted by atomic mass is 32.1. The number of aromatic nitrogens is 1. The smallest absolute Gasteiger partial charge is 0.257 e. The first-order valence-electron chi connectivity index (χ1n) is 12.8. The zero-order valence-electron chi connectivity index (χ0n) is 22.2. The van der Waals surface area contributed by atoms with Crippen molar-refractivity contribution in [1.29, 1.82) is 5.26 Å². The van der Waals surface area contributed by atoms with Crippen LogP contribution in [0.1, 0.15) is 66.9 Å². The van der Waals surface area contributed by atoms with Crippen LogP contribution in [0.5, 0.6) is 5.75 Å². The van der Waals surface area contributed by atoms with E-state index in [-0.39, 0.29) is 40.9 Å². The molecule has 4 rings (SSSR count). The number of methoxy groups -OCH3 is 1. The number of rotatable bonds is 7. The number of carbonyl (C=O) groups excluding carboxylic acids is 2. The maximum absolute atomic E-state index is 13.0. The van der Waals surface area contributed by atoms with Crippen LogP contribution in [0.2, 0.25) is 0 Å². The Kier molecular flexibility index (Phi) is 7.91. The van der Waals surface area contributed by atoms with E-state index >= 15 is 0 Å². The van der Waals surface area contributed by atoms with Crippen LogP contribution in [-0.2, 0) is 11.2 Å². The number of aliphatic hydroxyl groups excluding tert-OH is 1. The van der Waals surface area contributed by atoms with Crippen LogP contribution in [0.3, 0.4) is 0 Å². The van der Waals surface area contributed by atoms with Crippen molar-refractivity contribution in [3.05, 3.63) is 40.4 Å². The first-order chi connectivity index (χ1) is 17.6. The summed E-state index contributed by atoms with van der Waals surface area (Å²) in [6.07, 6.45) is 2.14. The molecule has 8 nitrogen and oxygen atoms in total. The van der Waals surface area contributed by atoms with Crippen molar-refractivity contribution in [3.8, 4) is 11.8 Å². The molecular formula is C28H36N4O4S. The van der Waals surface area contributed by atoms with Gasteiger partial charge in [0.15, 0.2) is 5.13 Å². The van der Waals surface area contributed by atoms with Gasteiger partial charge in [0.05, 0.1) is 31.4 Å². The summed E-state index contributed by atoms with van der Waals surface area (Å²) in [5.74, 6) is -0.0767. The summed E-state index contributed by atoms with van der Waals surface area (Å²) in [6, 6.07) is 9.02. The van der Waals surface area contributed by atoms with E-state index in [0.29, 0.717) is 29.4 Å². The maximum Gasteiger partial charge on any atom is 0.257 e. The average molecular weight is 525 g/mol. The number of nitrogens with one attached hydrogen (secondary N) is 1.